The summed E-state index contributed by atoms with van der Waals surface area (Å²) in [5, 5.41) is 2.91. The van der Waals surface area contributed by atoms with Crippen molar-refractivity contribution in [1.82, 2.24) is 15.3 Å². The molecule has 0 bridgehead atoms. The zero-order valence-electron chi connectivity index (χ0n) is 13.8. The topological polar surface area (TPSA) is 64.1 Å². The Bertz CT molecular complexity index is 790. The largest absolute Gasteiger partial charge is 0.489 e. The molecule has 2 heterocycles. The first-order valence-corrected chi connectivity index (χ1v) is 8.10. The fourth-order valence-electron chi connectivity index (χ4n) is 2.32. The number of ether oxygens (including phenoxy) is 1. The van der Waals surface area contributed by atoms with E-state index in [9.17, 15) is 4.79 Å². The van der Waals surface area contributed by atoms with Crippen LogP contribution in [0.3, 0.4) is 0 Å². The van der Waals surface area contributed by atoms with Crippen LogP contribution in [0.2, 0.25) is 0 Å². The van der Waals surface area contributed by atoms with E-state index in [1.54, 1.807) is 49.1 Å². The molecule has 0 aliphatic carbocycles. The van der Waals surface area contributed by atoms with Gasteiger partial charge in [0, 0.05) is 42.5 Å². The van der Waals surface area contributed by atoms with Crippen molar-refractivity contribution in [2.24, 2.45) is 0 Å². The van der Waals surface area contributed by atoms with Crippen molar-refractivity contribution >= 4 is 5.91 Å². The van der Waals surface area contributed by atoms with E-state index in [4.69, 9.17) is 4.74 Å². The third-order valence-corrected chi connectivity index (χ3v) is 3.67. The minimum atomic E-state index is -0.0947. The highest BCUT2D eigenvalue weighted by Crippen LogP contribution is 2.14. The van der Waals surface area contributed by atoms with E-state index in [0.717, 1.165) is 23.3 Å². The van der Waals surface area contributed by atoms with Gasteiger partial charge < -0.3 is 10.1 Å². The van der Waals surface area contributed by atoms with Crippen molar-refractivity contribution in [2.75, 3.05) is 6.54 Å². The van der Waals surface area contributed by atoms with Crippen molar-refractivity contribution in [3.8, 4) is 5.75 Å². The molecular formula is C20H19N3O2. The van der Waals surface area contributed by atoms with Gasteiger partial charge in [-0.15, -0.1) is 0 Å². The summed E-state index contributed by atoms with van der Waals surface area (Å²) in [6.45, 7) is 1.02. The second kappa shape index (κ2) is 8.59. The average Bonchev–Trinajstić information content (AvgIpc) is 2.68. The van der Waals surface area contributed by atoms with Crippen LogP contribution in [0.1, 0.15) is 21.5 Å². The monoisotopic (exact) mass is 333 g/mol. The van der Waals surface area contributed by atoms with Gasteiger partial charge >= 0.3 is 0 Å². The molecule has 5 heteroatoms. The van der Waals surface area contributed by atoms with Gasteiger partial charge in [0.15, 0.2) is 0 Å². The van der Waals surface area contributed by atoms with E-state index in [0.29, 0.717) is 18.7 Å². The van der Waals surface area contributed by atoms with Gasteiger partial charge in [0.25, 0.3) is 5.91 Å². The summed E-state index contributed by atoms with van der Waals surface area (Å²) in [6.07, 6.45) is 7.79. The molecule has 0 saturated heterocycles. The van der Waals surface area contributed by atoms with Crippen LogP contribution in [-0.4, -0.2) is 22.4 Å². The normalized spacial score (nSPS) is 10.2. The van der Waals surface area contributed by atoms with Gasteiger partial charge in [-0.2, -0.15) is 0 Å². The number of nitrogens with one attached hydrogen (secondary N) is 1. The molecule has 0 spiro atoms. The number of hydrogen-bond acceptors (Lipinski definition) is 4. The zero-order chi connectivity index (χ0) is 17.3. The lowest BCUT2D eigenvalue weighted by molar-refractivity contribution is 0.0954. The van der Waals surface area contributed by atoms with Gasteiger partial charge in [-0.3, -0.25) is 14.8 Å². The standard InChI is InChI=1S/C20H19N3O2/c24-20(23-12-9-16-3-1-10-21-13-16)18-5-7-19(8-6-18)25-15-17-4-2-11-22-14-17/h1-8,10-11,13-14H,9,12,15H2,(H,23,24). The van der Waals surface area contributed by atoms with Crippen LogP contribution in [0, 0.1) is 0 Å². The maximum atomic E-state index is 12.1. The second-order valence-corrected chi connectivity index (χ2v) is 5.54. The van der Waals surface area contributed by atoms with Gasteiger partial charge in [0.1, 0.15) is 12.4 Å². The Kier molecular flexibility index (Phi) is 5.72. The lowest BCUT2D eigenvalue weighted by atomic mass is 10.2. The predicted molar refractivity (Wildman–Crippen MR) is 95.3 cm³/mol. The molecule has 1 amide bonds. The Morgan fingerprint density at radius 2 is 1.60 bits per heavy atom. The number of amides is 1. The molecule has 0 radical (unpaired) electrons. The number of aromatic nitrogens is 2. The summed E-state index contributed by atoms with van der Waals surface area (Å²) in [5.74, 6) is 0.624. The molecule has 126 valence electrons. The molecule has 2 aromatic heterocycles. The summed E-state index contributed by atoms with van der Waals surface area (Å²) in [7, 11) is 0. The zero-order valence-corrected chi connectivity index (χ0v) is 13.8. The molecule has 1 N–H and O–H groups in total. The van der Waals surface area contributed by atoms with Gasteiger partial charge in [-0.25, -0.2) is 0 Å². The number of rotatable bonds is 7. The number of carbonyl (C=O) groups is 1. The van der Waals surface area contributed by atoms with Crippen molar-refractivity contribution < 1.29 is 9.53 Å². The maximum Gasteiger partial charge on any atom is 0.251 e. The summed E-state index contributed by atoms with van der Waals surface area (Å²) in [6, 6.07) is 14.8. The predicted octanol–water partition coefficient (Wildman–Crippen LogP) is 3.03. The number of benzene rings is 1. The molecule has 3 aromatic rings. The molecule has 0 fully saturated rings. The first-order valence-electron chi connectivity index (χ1n) is 8.10. The second-order valence-electron chi connectivity index (χ2n) is 5.54. The first-order chi connectivity index (χ1) is 12.3. The van der Waals surface area contributed by atoms with Gasteiger partial charge in [0.2, 0.25) is 0 Å². The minimum Gasteiger partial charge on any atom is -0.489 e. The van der Waals surface area contributed by atoms with E-state index >= 15 is 0 Å². The van der Waals surface area contributed by atoms with E-state index in [-0.39, 0.29) is 5.91 Å². The van der Waals surface area contributed by atoms with Gasteiger partial charge in [-0.1, -0.05) is 12.1 Å². The van der Waals surface area contributed by atoms with Crippen LogP contribution in [0.5, 0.6) is 5.75 Å². The highest BCUT2D eigenvalue weighted by atomic mass is 16.5. The molecule has 0 unspecified atom stereocenters. The lowest BCUT2D eigenvalue weighted by Crippen LogP contribution is -2.25. The van der Waals surface area contributed by atoms with E-state index in [1.807, 2.05) is 24.3 Å². The Hall–Kier alpha value is -3.21. The number of carbonyl (C=O) groups excluding carboxylic acids is 1. The third-order valence-electron chi connectivity index (χ3n) is 3.67. The van der Waals surface area contributed by atoms with Crippen molar-refractivity contribution in [1.29, 1.82) is 0 Å². The van der Waals surface area contributed by atoms with Gasteiger partial charge in [-0.05, 0) is 48.4 Å². The molecule has 3 rings (SSSR count). The molecule has 0 saturated carbocycles. The third kappa shape index (κ3) is 5.14. The summed E-state index contributed by atoms with van der Waals surface area (Å²) < 4.78 is 5.69. The van der Waals surface area contributed by atoms with Crippen molar-refractivity contribution in [3.63, 3.8) is 0 Å². The Labute approximate surface area is 146 Å². The quantitative estimate of drug-likeness (QED) is 0.722. The molecule has 5 nitrogen and oxygen atoms in total. The first kappa shape index (κ1) is 16.6. The molecule has 0 aliphatic rings. The summed E-state index contributed by atoms with van der Waals surface area (Å²) in [5.41, 5.74) is 2.71. The van der Waals surface area contributed by atoms with Crippen molar-refractivity contribution in [2.45, 2.75) is 13.0 Å². The Balaban J connectivity index is 1.47. The van der Waals surface area contributed by atoms with Crippen LogP contribution >= 0.6 is 0 Å². The maximum absolute atomic E-state index is 12.1. The SMILES string of the molecule is O=C(NCCc1cccnc1)c1ccc(OCc2cccnc2)cc1. The fraction of sp³-hybridized carbons (Fsp3) is 0.150. The summed E-state index contributed by atoms with van der Waals surface area (Å²) >= 11 is 0. The van der Waals surface area contributed by atoms with Crippen LogP contribution in [0.4, 0.5) is 0 Å². The Morgan fingerprint density at radius 3 is 2.24 bits per heavy atom. The Morgan fingerprint density at radius 1 is 0.920 bits per heavy atom. The minimum absolute atomic E-state index is 0.0947. The van der Waals surface area contributed by atoms with Gasteiger partial charge in [0.05, 0.1) is 0 Å². The van der Waals surface area contributed by atoms with E-state index in [2.05, 4.69) is 15.3 Å². The molecule has 1 aromatic carbocycles. The summed E-state index contributed by atoms with van der Waals surface area (Å²) in [4.78, 5) is 20.3. The van der Waals surface area contributed by atoms with Crippen LogP contribution in [-0.2, 0) is 13.0 Å². The van der Waals surface area contributed by atoms with Crippen LogP contribution < -0.4 is 10.1 Å². The van der Waals surface area contributed by atoms with E-state index in [1.165, 1.54) is 0 Å². The lowest BCUT2D eigenvalue weighted by Gasteiger charge is -2.08. The van der Waals surface area contributed by atoms with E-state index < -0.39 is 0 Å². The number of pyridine rings is 2. The number of nitrogens with zero attached hydrogens (tertiary/aromatic N) is 2. The van der Waals surface area contributed by atoms with Crippen LogP contribution in [0.15, 0.2) is 73.3 Å². The van der Waals surface area contributed by atoms with Crippen molar-refractivity contribution in [3.05, 3.63) is 90.0 Å². The number of hydrogen-bond donors (Lipinski definition) is 1. The molecule has 0 atom stereocenters. The highest BCUT2D eigenvalue weighted by molar-refractivity contribution is 5.94. The van der Waals surface area contributed by atoms with Crippen LogP contribution in [0.25, 0.3) is 0 Å². The highest BCUT2D eigenvalue weighted by Gasteiger charge is 2.05. The molecule has 25 heavy (non-hydrogen) atoms. The molecular weight excluding hydrogens is 314 g/mol. The molecule has 0 aliphatic heterocycles. The average molecular weight is 333 g/mol. The fourth-order valence-corrected chi connectivity index (χ4v) is 2.32. The smallest absolute Gasteiger partial charge is 0.251 e.